The second kappa shape index (κ2) is 4.80. The highest BCUT2D eigenvalue weighted by Gasteiger charge is 2.36. The Morgan fingerprint density at radius 3 is 2.94 bits per heavy atom. The van der Waals surface area contributed by atoms with Crippen LogP contribution in [0.15, 0.2) is 6.07 Å². The van der Waals surface area contributed by atoms with Gasteiger partial charge < -0.3 is 10.0 Å². The summed E-state index contributed by atoms with van der Waals surface area (Å²) >= 11 is 0. The Bertz CT molecular complexity index is 469. The zero-order valence-electron chi connectivity index (χ0n) is 10.5. The minimum Gasteiger partial charge on any atom is -0.481 e. The molecule has 1 saturated heterocycles. The maximum Gasteiger partial charge on any atom is 0.308 e. The number of carboxylic acid groups (broad SMARTS) is 1. The van der Waals surface area contributed by atoms with Crippen LogP contribution in [0.3, 0.4) is 0 Å². The molecule has 2 N–H and O–H groups in total. The smallest absolute Gasteiger partial charge is 0.308 e. The molecule has 0 aliphatic carbocycles. The summed E-state index contributed by atoms with van der Waals surface area (Å²) in [7, 11) is 0. The SMILES string of the molecule is Cc1cc(CC(C)N2CC(C(=O)O)CC2=O)n[nH]1. The maximum atomic E-state index is 11.8. The highest BCUT2D eigenvalue weighted by molar-refractivity contribution is 5.86. The van der Waals surface area contributed by atoms with Gasteiger partial charge in [0.25, 0.3) is 0 Å². The number of aromatic nitrogens is 2. The molecule has 2 heterocycles. The zero-order valence-corrected chi connectivity index (χ0v) is 10.5. The van der Waals surface area contributed by atoms with E-state index in [-0.39, 0.29) is 18.4 Å². The highest BCUT2D eigenvalue weighted by Crippen LogP contribution is 2.21. The molecule has 6 heteroatoms. The minimum absolute atomic E-state index is 0.0236. The summed E-state index contributed by atoms with van der Waals surface area (Å²) in [6.45, 7) is 4.15. The lowest BCUT2D eigenvalue weighted by atomic mass is 10.1. The standard InChI is InChI=1S/C12H17N3O3/c1-7-3-10(14-13-7)4-8(2)15-6-9(12(17)18)5-11(15)16/h3,8-9H,4-6H2,1-2H3,(H,13,14)(H,17,18). The van der Waals surface area contributed by atoms with E-state index in [0.29, 0.717) is 13.0 Å². The van der Waals surface area contributed by atoms with Crippen LogP contribution in [0.4, 0.5) is 0 Å². The molecule has 6 nitrogen and oxygen atoms in total. The fourth-order valence-corrected chi connectivity index (χ4v) is 2.31. The topological polar surface area (TPSA) is 86.3 Å². The molecule has 1 aromatic heterocycles. The quantitative estimate of drug-likeness (QED) is 0.819. The molecule has 2 rings (SSSR count). The van der Waals surface area contributed by atoms with Crippen LogP contribution in [0.1, 0.15) is 24.7 Å². The first-order valence-electron chi connectivity index (χ1n) is 6.00. The van der Waals surface area contributed by atoms with Gasteiger partial charge in [-0.1, -0.05) is 0 Å². The lowest BCUT2D eigenvalue weighted by Gasteiger charge is -2.23. The van der Waals surface area contributed by atoms with Crippen LogP contribution in [0.2, 0.25) is 0 Å². The average molecular weight is 251 g/mol. The van der Waals surface area contributed by atoms with E-state index in [2.05, 4.69) is 10.2 Å². The summed E-state index contributed by atoms with van der Waals surface area (Å²) < 4.78 is 0. The molecule has 1 aliphatic heterocycles. The van der Waals surface area contributed by atoms with Crippen molar-refractivity contribution in [2.24, 2.45) is 5.92 Å². The summed E-state index contributed by atoms with van der Waals surface area (Å²) in [4.78, 5) is 24.3. The van der Waals surface area contributed by atoms with E-state index < -0.39 is 11.9 Å². The van der Waals surface area contributed by atoms with Gasteiger partial charge in [0.15, 0.2) is 0 Å². The average Bonchev–Trinajstić information content (AvgIpc) is 2.85. The molecule has 2 unspecified atom stereocenters. The van der Waals surface area contributed by atoms with Crippen molar-refractivity contribution >= 4 is 11.9 Å². The van der Waals surface area contributed by atoms with Crippen molar-refractivity contribution in [3.05, 3.63) is 17.5 Å². The molecule has 1 amide bonds. The van der Waals surface area contributed by atoms with Crippen LogP contribution in [0.25, 0.3) is 0 Å². The van der Waals surface area contributed by atoms with E-state index in [9.17, 15) is 9.59 Å². The molecular formula is C12H17N3O3. The van der Waals surface area contributed by atoms with E-state index in [1.54, 1.807) is 4.90 Å². The molecule has 0 saturated carbocycles. The molecule has 0 spiro atoms. The van der Waals surface area contributed by atoms with Crippen molar-refractivity contribution in [2.45, 2.75) is 32.7 Å². The van der Waals surface area contributed by atoms with Crippen molar-refractivity contribution in [3.8, 4) is 0 Å². The fraction of sp³-hybridized carbons (Fsp3) is 0.583. The number of aromatic amines is 1. The first-order chi connectivity index (χ1) is 8.47. The Labute approximate surface area is 105 Å². The van der Waals surface area contributed by atoms with Crippen molar-refractivity contribution in [1.29, 1.82) is 0 Å². The molecular weight excluding hydrogens is 234 g/mol. The van der Waals surface area contributed by atoms with E-state index in [4.69, 9.17) is 5.11 Å². The lowest BCUT2D eigenvalue weighted by molar-refractivity contribution is -0.141. The Balaban J connectivity index is 1.99. The van der Waals surface area contributed by atoms with Crippen molar-refractivity contribution < 1.29 is 14.7 Å². The number of nitrogens with one attached hydrogen (secondary N) is 1. The molecule has 0 aromatic carbocycles. The first kappa shape index (κ1) is 12.6. The van der Waals surface area contributed by atoms with Crippen molar-refractivity contribution in [1.82, 2.24) is 15.1 Å². The normalized spacial score (nSPS) is 21.3. The first-order valence-corrected chi connectivity index (χ1v) is 6.00. The van der Waals surface area contributed by atoms with Gasteiger partial charge in [0, 0.05) is 31.1 Å². The molecule has 1 aromatic rings. The number of amides is 1. The summed E-state index contributed by atoms with van der Waals surface area (Å²) in [5.74, 6) is -1.54. The minimum atomic E-state index is -0.895. The van der Waals surface area contributed by atoms with E-state index in [1.165, 1.54) is 0 Å². The maximum absolute atomic E-state index is 11.8. The van der Waals surface area contributed by atoms with Gasteiger partial charge in [0.2, 0.25) is 5.91 Å². The van der Waals surface area contributed by atoms with E-state index in [1.807, 2.05) is 19.9 Å². The van der Waals surface area contributed by atoms with Crippen molar-refractivity contribution in [2.75, 3.05) is 6.54 Å². The van der Waals surface area contributed by atoms with Gasteiger partial charge in [-0.2, -0.15) is 5.10 Å². The predicted molar refractivity (Wildman–Crippen MR) is 63.9 cm³/mol. The second-order valence-electron chi connectivity index (χ2n) is 4.88. The molecule has 18 heavy (non-hydrogen) atoms. The number of aryl methyl sites for hydroxylation is 1. The van der Waals surface area contributed by atoms with Crippen LogP contribution in [0.5, 0.6) is 0 Å². The molecule has 1 aliphatic rings. The van der Waals surface area contributed by atoms with Gasteiger partial charge in [-0.05, 0) is 19.9 Å². The van der Waals surface area contributed by atoms with E-state index in [0.717, 1.165) is 11.4 Å². The number of aliphatic carboxylic acids is 1. The largest absolute Gasteiger partial charge is 0.481 e. The monoisotopic (exact) mass is 251 g/mol. The van der Waals surface area contributed by atoms with E-state index >= 15 is 0 Å². The van der Waals surface area contributed by atoms with Gasteiger partial charge in [-0.3, -0.25) is 14.7 Å². The van der Waals surface area contributed by atoms with Crippen molar-refractivity contribution in [3.63, 3.8) is 0 Å². The summed E-state index contributed by atoms with van der Waals surface area (Å²) in [5, 5.41) is 15.9. The third-order valence-corrected chi connectivity index (χ3v) is 3.30. The number of rotatable bonds is 4. The number of carbonyl (C=O) groups is 2. The third kappa shape index (κ3) is 2.52. The molecule has 98 valence electrons. The molecule has 0 radical (unpaired) electrons. The fourth-order valence-electron chi connectivity index (χ4n) is 2.31. The number of carbonyl (C=O) groups excluding carboxylic acids is 1. The van der Waals surface area contributed by atoms with Crippen LogP contribution in [-0.2, 0) is 16.0 Å². The predicted octanol–water partition coefficient (Wildman–Crippen LogP) is 0.582. The van der Waals surface area contributed by atoms with Crippen LogP contribution in [-0.4, -0.2) is 44.7 Å². The number of H-pyrrole nitrogens is 1. The third-order valence-electron chi connectivity index (χ3n) is 3.30. The Morgan fingerprint density at radius 1 is 1.72 bits per heavy atom. The Kier molecular flexibility index (Phi) is 3.36. The molecule has 1 fully saturated rings. The number of hydrogen-bond donors (Lipinski definition) is 2. The van der Waals surface area contributed by atoms with Gasteiger partial charge >= 0.3 is 5.97 Å². The molecule has 2 atom stereocenters. The van der Waals surface area contributed by atoms with Crippen LogP contribution in [0, 0.1) is 12.8 Å². The molecule has 0 bridgehead atoms. The Hall–Kier alpha value is -1.85. The zero-order chi connectivity index (χ0) is 13.3. The van der Waals surface area contributed by atoms with Gasteiger partial charge in [0.05, 0.1) is 11.6 Å². The van der Waals surface area contributed by atoms with Gasteiger partial charge in [-0.25, -0.2) is 0 Å². The summed E-state index contributed by atoms with van der Waals surface area (Å²) in [5.41, 5.74) is 1.87. The number of likely N-dealkylation sites (tertiary alicyclic amines) is 1. The van der Waals surface area contributed by atoms with Crippen LogP contribution >= 0.6 is 0 Å². The van der Waals surface area contributed by atoms with Gasteiger partial charge in [-0.15, -0.1) is 0 Å². The lowest BCUT2D eigenvalue weighted by Crippen LogP contribution is -2.36. The Morgan fingerprint density at radius 2 is 2.44 bits per heavy atom. The second-order valence-corrected chi connectivity index (χ2v) is 4.88. The van der Waals surface area contributed by atoms with Crippen LogP contribution < -0.4 is 0 Å². The summed E-state index contributed by atoms with van der Waals surface area (Å²) in [6, 6.07) is 1.91. The van der Waals surface area contributed by atoms with Gasteiger partial charge in [0.1, 0.15) is 0 Å². The highest BCUT2D eigenvalue weighted by atomic mass is 16.4. The number of hydrogen-bond acceptors (Lipinski definition) is 3. The summed E-state index contributed by atoms with van der Waals surface area (Å²) in [6.07, 6.45) is 0.752. The number of nitrogens with zero attached hydrogens (tertiary/aromatic N) is 2. The number of carboxylic acids is 1.